The van der Waals surface area contributed by atoms with Crippen LogP contribution in [0.25, 0.3) is 0 Å². The fourth-order valence-electron chi connectivity index (χ4n) is 1.91. The largest absolute Gasteiger partial charge is 0.375 e. The minimum Gasteiger partial charge on any atom is -0.375 e. The number of carbonyl (C=O) groups is 1. The van der Waals surface area contributed by atoms with Crippen molar-refractivity contribution in [3.05, 3.63) is 17.0 Å². The molecule has 4 heteroatoms. The van der Waals surface area contributed by atoms with Gasteiger partial charge in [-0.05, 0) is 12.3 Å². The molecule has 0 spiro atoms. The maximum atomic E-state index is 11.0. The van der Waals surface area contributed by atoms with E-state index in [0.717, 1.165) is 36.2 Å². The second kappa shape index (κ2) is 4.14. The van der Waals surface area contributed by atoms with Gasteiger partial charge < -0.3 is 4.74 Å². The molecule has 4 nitrogen and oxygen atoms in total. The molecule has 0 radical (unpaired) electrons. The van der Waals surface area contributed by atoms with Crippen LogP contribution in [-0.2, 0) is 24.3 Å². The Labute approximate surface area is 89.2 Å². The van der Waals surface area contributed by atoms with Gasteiger partial charge in [0.15, 0.2) is 6.29 Å². The monoisotopic (exact) mass is 208 g/mol. The van der Waals surface area contributed by atoms with Crippen LogP contribution in [0.15, 0.2) is 0 Å². The Morgan fingerprint density at radius 2 is 2.40 bits per heavy atom. The van der Waals surface area contributed by atoms with Gasteiger partial charge in [0, 0.05) is 12.1 Å². The second-order valence-corrected chi connectivity index (χ2v) is 4.31. The van der Waals surface area contributed by atoms with Crippen LogP contribution in [0.5, 0.6) is 0 Å². The molecule has 15 heavy (non-hydrogen) atoms. The Hall–Kier alpha value is -1.16. The van der Waals surface area contributed by atoms with Gasteiger partial charge in [0.1, 0.15) is 5.69 Å². The summed E-state index contributed by atoms with van der Waals surface area (Å²) in [6, 6.07) is 0. The minimum absolute atomic E-state index is 0.492. The minimum atomic E-state index is 0.492. The molecule has 0 amide bonds. The zero-order chi connectivity index (χ0) is 10.8. The van der Waals surface area contributed by atoms with Crippen LogP contribution in [0.4, 0.5) is 0 Å². The Morgan fingerprint density at radius 1 is 1.60 bits per heavy atom. The van der Waals surface area contributed by atoms with Crippen molar-refractivity contribution < 1.29 is 9.53 Å². The van der Waals surface area contributed by atoms with E-state index in [4.69, 9.17) is 4.74 Å². The first-order chi connectivity index (χ1) is 7.22. The first kappa shape index (κ1) is 10.4. The number of aldehydes is 1. The fourth-order valence-corrected chi connectivity index (χ4v) is 1.91. The molecule has 0 unspecified atom stereocenters. The highest BCUT2D eigenvalue weighted by Crippen LogP contribution is 2.19. The van der Waals surface area contributed by atoms with E-state index in [1.165, 1.54) is 0 Å². The topological polar surface area (TPSA) is 44.1 Å². The van der Waals surface area contributed by atoms with Crippen molar-refractivity contribution in [2.45, 2.75) is 33.4 Å². The maximum Gasteiger partial charge on any atom is 0.168 e. The average Bonchev–Trinajstić information content (AvgIpc) is 2.53. The molecule has 1 aliphatic heterocycles. The van der Waals surface area contributed by atoms with E-state index in [-0.39, 0.29) is 0 Å². The van der Waals surface area contributed by atoms with Crippen molar-refractivity contribution in [3.8, 4) is 0 Å². The van der Waals surface area contributed by atoms with Gasteiger partial charge in [-0.2, -0.15) is 5.10 Å². The molecule has 0 aliphatic carbocycles. The summed E-state index contributed by atoms with van der Waals surface area (Å²) in [5.74, 6) is 0.492. The standard InChI is InChI=1S/C11H16N2O2/c1-8(2)5-13-11(6-14)9-3-4-15-7-10(9)12-13/h6,8H,3-5,7H2,1-2H3. The number of nitrogens with zero attached hydrogens (tertiary/aromatic N) is 2. The molecule has 0 saturated heterocycles. The molecule has 82 valence electrons. The van der Waals surface area contributed by atoms with E-state index in [9.17, 15) is 4.79 Å². The molecule has 0 saturated carbocycles. The highest BCUT2D eigenvalue weighted by atomic mass is 16.5. The van der Waals surface area contributed by atoms with Crippen molar-refractivity contribution in [1.82, 2.24) is 9.78 Å². The molecule has 0 fully saturated rings. The quantitative estimate of drug-likeness (QED) is 0.706. The van der Waals surface area contributed by atoms with E-state index < -0.39 is 0 Å². The third-order valence-corrected chi connectivity index (χ3v) is 2.56. The van der Waals surface area contributed by atoms with E-state index in [2.05, 4.69) is 18.9 Å². The molecule has 0 atom stereocenters. The first-order valence-corrected chi connectivity index (χ1v) is 5.34. The van der Waals surface area contributed by atoms with E-state index in [0.29, 0.717) is 19.1 Å². The third-order valence-electron chi connectivity index (χ3n) is 2.56. The summed E-state index contributed by atoms with van der Waals surface area (Å²) in [5, 5.41) is 4.42. The highest BCUT2D eigenvalue weighted by Gasteiger charge is 2.20. The molecule has 1 aliphatic rings. The SMILES string of the molecule is CC(C)Cn1nc2c(c1C=O)CCOC2. The molecule has 2 rings (SSSR count). The molecule has 0 bridgehead atoms. The summed E-state index contributed by atoms with van der Waals surface area (Å²) in [6.07, 6.45) is 1.72. The van der Waals surface area contributed by atoms with Crippen LogP contribution in [0.1, 0.15) is 35.6 Å². The van der Waals surface area contributed by atoms with Crippen molar-refractivity contribution >= 4 is 6.29 Å². The predicted molar refractivity (Wildman–Crippen MR) is 55.8 cm³/mol. The van der Waals surface area contributed by atoms with E-state index in [1.807, 2.05) is 4.68 Å². The second-order valence-electron chi connectivity index (χ2n) is 4.31. The third kappa shape index (κ3) is 1.95. The molecular formula is C11H16N2O2. The zero-order valence-electron chi connectivity index (χ0n) is 9.19. The van der Waals surface area contributed by atoms with Crippen LogP contribution in [0.3, 0.4) is 0 Å². The molecule has 1 aromatic heterocycles. The van der Waals surface area contributed by atoms with E-state index in [1.54, 1.807) is 0 Å². The molecule has 2 heterocycles. The van der Waals surface area contributed by atoms with Gasteiger partial charge in [-0.1, -0.05) is 13.8 Å². The Balaban J connectivity index is 2.37. The zero-order valence-corrected chi connectivity index (χ0v) is 9.19. The molecule has 0 N–H and O–H groups in total. The predicted octanol–water partition coefficient (Wildman–Crippen LogP) is 1.42. The van der Waals surface area contributed by atoms with Gasteiger partial charge in [-0.25, -0.2) is 0 Å². The first-order valence-electron chi connectivity index (χ1n) is 5.34. The van der Waals surface area contributed by atoms with Crippen molar-refractivity contribution in [2.75, 3.05) is 6.61 Å². The Bertz CT molecular complexity index is 369. The number of carbonyl (C=O) groups excluding carboxylic acids is 1. The maximum absolute atomic E-state index is 11.0. The van der Waals surface area contributed by atoms with Crippen molar-refractivity contribution in [1.29, 1.82) is 0 Å². The van der Waals surface area contributed by atoms with E-state index >= 15 is 0 Å². The molecular weight excluding hydrogens is 192 g/mol. The van der Waals surface area contributed by atoms with Crippen LogP contribution in [-0.4, -0.2) is 22.7 Å². The lowest BCUT2D eigenvalue weighted by atomic mass is 10.1. The average molecular weight is 208 g/mol. The summed E-state index contributed by atoms with van der Waals surface area (Å²) in [7, 11) is 0. The lowest BCUT2D eigenvalue weighted by Gasteiger charge is -2.10. The van der Waals surface area contributed by atoms with Gasteiger partial charge in [0.2, 0.25) is 0 Å². The number of rotatable bonds is 3. The summed E-state index contributed by atoms with van der Waals surface area (Å²) in [5.41, 5.74) is 2.75. The van der Waals surface area contributed by atoms with Crippen LogP contribution >= 0.6 is 0 Å². The van der Waals surface area contributed by atoms with Crippen LogP contribution < -0.4 is 0 Å². The highest BCUT2D eigenvalue weighted by molar-refractivity contribution is 5.75. The number of fused-ring (bicyclic) bond motifs is 1. The van der Waals surface area contributed by atoms with Gasteiger partial charge in [-0.15, -0.1) is 0 Å². The van der Waals surface area contributed by atoms with Crippen LogP contribution in [0, 0.1) is 5.92 Å². The number of ether oxygens (including phenoxy) is 1. The van der Waals surface area contributed by atoms with Gasteiger partial charge in [0.05, 0.1) is 18.9 Å². The van der Waals surface area contributed by atoms with Crippen LogP contribution in [0.2, 0.25) is 0 Å². The number of aromatic nitrogens is 2. The number of hydrogen-bond acceptors (Lipinski definition) is 3. The van der Waals surface area contributed by atoms with Crippen molar-refractivity contribution in [2.24, 2.45) is 5.92 Å². The number of hydrogen-bond donors (Lipinski definition) is 0. The Morgan fingerprint density at radius 3 is 3.07 bits per heavy atom. The lowest BCUT2D eigenvalue weighted by Crippen LogP contribution is -2.10. The molecule has 0 aromatic carbocycles. The normalized spacial score (nSPS) is 15.4. The van der Waals surface area contributed by atoms with Gasteiger partial charge in [-0.3, -0.25) is 9.48 Å². The Kier molecular flexibility index (Phi) is 2.86. The van der Waals surface area contributed by atoms with Crippen molar-refractivity contribution in [3.63, 3.8) is 0 Å². The van der Waals surface area contributed by atoms with Gasteiger partial charge >= 0.3 is 0 Å². The summed E-state index contributed by atoms with van der Waals surface area (Å²) in [6.45, 7) is 6.26. The summed E-state index contributed by atoms with van der Waals surface area (Å²) in [4.78, 5) is 11.0. The lowest BCUT2D eigenvalue weighted by molar-refractivity contribution is 0.106. The smallest absolute Gasteiger partial charge is 0.168 e. The summed E-state index contributed by atoms with van der Waals surface area (Å²) >= 11 is 0. The fraction of sp³-hybridized carbons (Fsp3) is 0.636. The van der Waals surface area contributed by atoms with Gasteiger partial charge in [0.25, 0.3) is 0 Å². The summed E-state index contributed by atoms with van der Waals surface area (Å²) < 4.78 is 7.14. The molecule has 1 aromatic rings.